The first-order chi connectivity index (χ1) is 14.3. The molecule has 1 atom stereocenters. The monoisotopic (exact) mass is 417 g/mol. The lowest BCUT2D eigenvalue weighted by Crippen LogP contribution is -2.43. The third-order valence-electron chi connectivity index (χ3n) is 4.68. The van der Waals surface area contributed by atoms with Crippen molar-refractivity contribution < 1.29 is 18.0 Å². The highest BCUT2D eigenvalue weighted by Crippen LogP contribution is 2.29. The number of hydrogen-bond donors (Lipinski definition) is 3. The van der Waals surface area contributed by atoms with E-state index < -0.39 is 18.1 Å². The average Bonchev–Trinajstić information content (AvgIpc) is 3.30. The van der Waals surface area contributed by atoms with Gasteiger partial charge in [-0.1, -0.05) is 0 Å². The molecule has 11 heteroatoms. The minimum absolute atomic E-state index is 0.0541. The molecule has 30 heavy (non-hydrogen) atoms. The first-order valence-electron chi connectivity index (χ1n) is 9.21. The van der Waals surface area contributed by atoms with Crippen molar-refractivity contribution in [1.29, 1.82) is 0 Å². The van der Waals surface area contributed by atoms with E-state index >= 15 is 0 Å². The second-order valence-corrected chi connectivity index (χ2v) is 6.73. The van der Waals surface area contributed by atoms with E-state index in [0.717, 1.165) is 23.4 Å². The van der Waals surface area contributed by atoms with Crippen LogP contribution in [-0.2, 0) is 0 Å². The predicted octanol–water partition coefficient (Wildman–Crippen LogP) is 3.39. The van der Waals surface area contributed by atoms with Gasteiger partial charge in [0, 0.05) is 36.1 Å². The summed E-state index contributed by atoms with van der Waals surface area (Å²) < 4.78 is 39.8. The standard InChI is InChI=1S/C19H18F3N7O/c1-3-23-18-25-8-13-12(7-24-16(13)28-18)11-4-5-29-15(6-11)14(9-26-29)17(30)27-10(2)19(20,21)22/h4-10H,3H2,1-2H3,(H,27,30)(H2,23,24,25,28)/t10-/m1/s1. The van der Waals surface area contributed by atoms with Crippen molar-refractivity contribution in [1.82, 2.24) is 29.9 Å². The van der Waals surface area contributed by atoms with E-state index in [4.69, 9.17) is 0 Å². The van der Waals surface area contributed by atoms with Gasteiger partial charge in [-0.25, -0.2) is 9.50 Å². The number of carbonyl (C=O) groups excluding carboxylic acids is 1. The van der Waals surface area contributed by atoms with Crippen LogP contribution in [0.15, 0.2) is 36.9 Å². The minimum atomic E-state index is -4.53. The summed E-state index contributed by atoms with van der Waals surface area (Å²) in [5.41, 5.74) is 2.62. The summed E-state index contributed by atoms with van der Waals surface area (Å²) in [5, 5.41) is 9.84. The molecule has 4 aromatic heterocycles. The zero-order chi connectivity index (χ0) is 21.5. The van der Waals surface area contributed by atoms with E-state index in [2.05, 4.69) is 25.4 Å². The van der Waals surface area contributed by atoms with Gasteiger partial charge in [0.1, 0.15) is 11.7 Å². The Hall–Kier alpha value is -3.63. The molecule has 4 heterocycles. The number of H-pyrrole nitrogens is 1. The van der Waals surface area contributed by atoms with Crippen LogP contribution in [0.2, 0.25) is 0 Å². The Morgan fingerprint density at radius 2 is 2.13 bits per heavy atom. The van der Waals surface area contributed by atoms with Crippen molar-refractivity contribution in [2.45, 2.75) is 26.1 Å². The summed E-state index contributed by atoms with van der Waals surface area (Å²) in [6.07, 6.45) is 1.81. The molecule has 0 radical (unpaired) electrons. The Balaban J connectivity index is 1.71. The molecule has 0 bridgehead atoms. The first kappa shape index (κ1) is 19.7. The van der Waals surface area contributed by atoms with E-state index in [0.29, 0.717) is 23.7 Å². The zero-order valence-corrected chi connectivity index (χ0v) is 16.1. The van der Waals surface area contributed by atoms with Crippen molar-refractivity contribution in [3.8, 4) is 11.1 Å². The molecule has 8 nitrogen and oxygen atoms in total. The molecule has 3 N–H and O–H groups in total. The fraction of sp³-hybridized carbons (Fsp3) is 0.263. The van der Waals surface area contributed by atoms with Gasteiger partial charge in [-0.3, -0.25) is 4.79 Å². The number of hydrogen-bond acceptors (Lipinski definition) is 5. The highest BCUT2D eigenvalue weighted by Gasteiger charge is 2.37. The molecule has 0 fully saturated rings. The number of nitrogens with one attached hydrogen (secondary N) is 3. The summed E-state index contributed by atoms with van der Waals surface area (Å²) >= 11 is 0. The van der Waals surface area contributed by atoms with Crippen molar-refractivity contribution in [2.24, 2.45) is 0 Å². The number of amides is 1. The number of nitrogens with zero attached hydrogens (tertiary/aromatic N) is 4. The Morgan fingerprint density at radius 3 is 2.87 bits per heavy atom. The minimum Gasteiger partial charge on any atom is -0.354 e. The van der Waals surface area contributed by atoms with Crippen LogP contribution in [-0.4, -0.2) is 49.2 Å². The molecule has 0 aliphatic rings. The molecule has 0 aliphatic carbocycles. The van der Waals surface area contributed by atoms with Crippen LogP contribution >= 0.6 is 0 Å². The Bertz CT molecular complexity index is 1230. The maximum absolute atomic E-state index is 12.8. The largest absolute Gasteiger partial charge is 0.408 e. The number of aromatic nitrogens is 5. The smallest absolute Gasteiger partial charge is 0.354 e. The molecule has 4 aromatic rings. The van der Waals surface area contributed by atoms with Gasteiger partial charge in [-0.05, 0) is 31.5 Å². The number of halogens is 3. The quantitative estimate of drug-likeness (QED) is 0.462. The summed E-state index contributed by atoms with van der Waals surface area (Å²) in [4.78, 5) is 24.2. The van der Waals surface area contributed by atoms with Crippen molar-refractivity contribution >= 4 is 28.4 Å². The number of carbonyl (C=O) groups is 1. The molecule has 156 valence electrons. The topological polar surface area (TPSA) is 100 Å². The van der Waals surface area contributed by atoms with Gasteiger partial charge in [0.2, 0.25) is 5.95 Å². The highest BCUT2D eigenvalue weighted by atomic mass is 19.4. The Kier molecular flexibility index (Phi) is 4.80. The van der Waals surface area contributed by atoms with Gasteiger partial charge in [-0.2, -0.15) is 23.3 Å². The molecule has 0 saturated carbocycles. The van der Waals surface area contributed by atoms with Crippen LogP contribution < -0.4 is 10.6 Å². The fourth-order valence-corrected chi connectivity index (χ4v) is 3.07. The van der Waals surface area contributed by atoms with Crippen LogP contribution in [0, 0.1) is 0 Å². The van der Waals surface area contributed by atoms with Crippen molar-refractivity contribution in [2.75, 3.05) is 11.9 Å². The van der Waals surface area contributed by atoms with Crippen LogP contribution in [0.5, 0.6) is 0 Å². The van der Waals surface area contributed by atoms with Crippen LogP contribution in [0.4, 0.5) is 19.1 Å². The van der Waals surface area contributed by atoms with Crippen LogP contribution in [0.1, 0.15) is 24.2 Å². The molecule has 0 aliphatic heterocycles. The second kappa shape index (κ2) is 7.32. The predicted molar refractivity (Wildman–Crippen MR) is 105 cm³/mol. The van der Waals surface area contributed by atoms with E-state index in [1.165, 1.54) is 10.7 Å². The molecular weight excluding hydrogens is 399 g/mol. The summed E-state index contributed by atoms with van der Waals surface area (Å²) in [6, 6.07) is 1.52. The third kappa shape index (κ3) is 3.53. The molecule has 0 spiro atoms. The normalized spacial score (nSPS) is 13.0. The summed E-state index contributed by atoms with van der Waals surface area (Å²) in [6.45, 7) is 3.52. The Morgan fingerprint density at radius 1 is 1.33 bits per heavy atom. The number of rotatable bonds is 5. The fourth-order valence-electron chi connectivity index (χ4n) is 3.07. The lowest BCUT2D eigenvalue weighted by Gasteiger charge is -2.16. The lowest BCUT2D eigenvalue weighted by molar-refractivity contribution is -0.149. The van der Waals surface area contributed by atoms with Gasteiger partial charge in [0.15, 0.2) is 0 Å². The van der Waals surface area contributed by atoms with Gasteiger partial charge in [0.25, 0.3) is 5.91 Å². The second-order valence-electron chi connectivity index (χ2n) is 6.73. The molecule has 0 aromatic carbocycles. The lowest BCUT2D eigenvalue weighted by atomic mass is 10.1. The maximum atomic E-state index is 12.8. The third-order valence-corrected chi connectivity index (χ3v) is 4.68. The van der Waals surface area contributed by atoms with Gasteiger partial charge < -0.3 is 15.6 Å². The average molecular weight is 417 g/mol. The molecule has 0 unspecified atom stereocenters. The zero-order valence-electron chi connectivity index (χ0n) is 16.1. The SMILES string of the molecule is CCNc1ncc2c(-c3ccn4ncc(C(=O)N[C@H](C)C(F)(F)F)c4c3)c[nH]c2n1. The number of aromatic amines is 1. The van der Waals surface area contributed by atoms with Gasteiger partial charge in [-0.15, -0.1) is 0 Å². The number of anilines is 1. The van der Waals surface area contributed by atoms with Crippen LogP contribution in [0.3, 0.4) is 0 Å². The molecular formula is C19H18F3N7O. The maximum Gasteiger partial charge on any atom is 0.408 e. The molecule has 4 rings (SSSR count). The molecule has 1 amide bonds. The van der Waals surface area contributed by atoms with E-state index in [9.17, 15) is 18.0 Å². The number of fused-ring (bicyclic) bond motifs is 2. The van der Waals surface area contributed by atoms with Crippen LogP contribution in [0.25, 0.3) is 27.7 Å². The highest BCUT2D eigenvalue weighted by molar-refractivity contribution is 6.02. The Labute approximate surface area is 168 Å². The van der Waals surface area contributed by atoms with Crippen molar-refractivity contribution in [3.63, 3.8) is 0 Å². The van der Waals surface area contributed by atoms with Gasteiger partial charge >= 0.3 is 6.18 Å². The van der Waals surface area contributed by atoms with E-state index in [-0.39, 0.29) is 5.56 Å². The van der Waals surface area contributed by atoms with Crippen molar-refractivity contribution in [3.05, 3.63) is 42.5 Å². The van der Waals surface area contributed by atoms with E-state index in [1.807, 2.05) is 12.2 Å². The summed E-state index contributed by atoms with van der Waals surface area (Å²) in [5.74, 6) is -0.341. The summed E-state index contributed by atoms with van der Waals surface area (Å²) in [7, 11) is 0. The molecule has 0 saturated heterocycles. The van der Waals surface area contributed by atoms with Gasteiger partial charge in [0.05, 0.1) is 17.3 Å². The first-order valence-corrected chi connectivity index (χ1v) is 9.21. The number of pyridine rings is 1. The van der Waals surface area contributed by atoms with E-state index in [1.54, 1.807) is 30.7 Å². The number of alkyl halides is 3.